The summed E-state index contributed by atoms with van der Waals surface area (Å²) in [6, 6.07) is 0. The SMILES string of the molecule is C=C[C@]1(C)C[C@@H](O)[C@]2(C)C(C)CC[C@]3(CCC(OC)C32)[C@@H](C)C1=O. The van der Waals surface area contributed by atoms with Crippen LogP contribution in [0.3, 0.4) is 0 Å². The highest BCUT2D eigenvalue weighted by molar-refractivity contribution is 5.89. The van der Waals surface area contributed by atoms with Crippen molar-refractivity contribution in [1.29, 1.82) is 0 Å². The molecule has 0 aromatic heterocycles. The van der Waals surface area contributed by atoms with Crippen molar-refractivity contribution in [2.45, 2.75) is 72.0 Å². The molecule has 0 radical (unpaired) electrons. The summed E-state index contributed by atoms with van der Waals surface area (Å²) in [7, 11) is 1.79. The monoisotopic (exact) mass is 334 g/mol. The lowest BCUT2D eigenvalue weighted by molar-refractivity contribution is -0.188. The van der Waals surface area contributed by atoms with Crippen LogP contribution in [0.1, 0.15) is 59.8 Å². The molecule has 2 bridgehead atoms. The van der Waals surface area contributed by atoms with Crippen LogP contribution in [0.15, 0.2) is 12.7 Å². The number of aliphatic hydroxyl groups excluding tert-OH is 1. The van der Waals surface area contributed by atoms with Crippen LogP contribution < -0.4 is 0 Å². The quantitative estimate of drug-likeness (QED) is 0.777. The molecule has 0 aromatic rings. The Morgan fingerprint density at radius 1 is 1.25 bits per heavy atom. The molecule has 24 heavy (non-hydrogen) atoms. The first-order chi connectivity index (χ1) is 11.2. The van der Waals surface area contributed by atoms with Crippen LogP contribution in [0.2, 0.25) is 0 Å². The molecular weight excluding hydrogens is 300 g/mol. The Hall–Kier alpha value is -0.670. The molecule has 0 saturated heterocycles. The zero-order chi connectivity index (χ0) is 17.9. The highest BCUT2D eigenvalue weighted by Crippen LogP contribution is 2.68. The fourth-order valence-electron chi connectivity index (χ4n) is 6.66. The van der Waals surface area contributed by atoms with Gasteiger partial charge in [0, 0.05) is 23.9 Å². The van der Waals surface area contributed by atoms with Crippen molar-refractivity contribution < 1.29 is 14.6 Å². The van der Waals surface area contributed by atoms with Crippen molar-refractivity contribution in [1.82, 2.24) is 0 Å². The Morgan fingerprint density at radius 2 is 1.88 bits per heavy atom. The molecule has 3 saturated carbocycles. The number of methoxy groups -OCH3 is 1. The molecule has 0 amide bonds. The van der Waals surface area contributed by atoms with Gasteiger partial charge in [0.05, 0.1) is 12.2 Å². The van der Waals surface area contributed by atoms with E-state index in [2.05, 4.69) is 27.4 Å². The second-order valence-corrected chi connectivity index (χ2v) is 9.26. The first-order valence-electron chi connectivity index (χ1n) is 9.56. The number of Topliss-reactive ketones (excluding diaryl/α,β-unsaturated/α-hetero) is 1. The van der Waals surface area contributed by atoms with Crippen molar-refractivity contribution in [3.63, 3.8) is 0 Å². The highest BCUT2D eigenvalue weighted by Gasteiger charge is 2.67. The summed E-state index contributed by atoms with van der Waals surface area (Å²) < 4.78 is 5.89. The molecule has 0 spiro atoms. The molecule has 3 heteroatoms. The van der Waals surface area contributed by atoms with Gasteiger partial charge in [-0.2, -0.15) is 0 Å². The van der Waals surface area contributed by atoms with Gasteiger partial charge < -0.3 is 9.84 Å². The molecule has 0 aliphatic heterocycles. The van der Waals surface area contributed by atoms with E-state index in [1.807, 2.05) is 6.92 Å². The number of hydrogen-bond donors (Lipinski definition) is 1. The number of aliphatic hydroxyl groups is 1. The van der Waals surface area contributed by atoms with Gasteiger partial charge in [0.15, 0.2) is 0 Å². The highest BCUT2D eigenvalue weighted by atomic mass is 16.5. The molecule has 0 heterocycles. The van der Waals surface area contributed by atoms with Crippen molar-refractivity contribution in [2.24, 2.45) is 34.0 Å². The molecule has 3 rings (SSSR count). The molecule has 3 aliphatic rings. The number of carbonyl (C=O) groups excluding carboxylic acids is 1. The zero-order valence-corrected chi connectivity index (χ0v) is 16.0. The maximum Gasteiger partial charge on any atom is 0.145 e. The summed E-state index contributed by atoms with van der Waals surface area (Å²) in [6.45, 7) is 12.6. The Bertz CT molecular complexity index is 543. The molecule has 8 atom stereocenters. The predicted octanol–water partition coefficient (Wildman–Crippen LogP) is 4.00. The van der Waals surface area contributed by atoms with Crippen molar-refractivity contribution in [2.75, 3.05) is 7.11 Å². The molecule has 1 N–H and O–H groups in total. The standard InChI is InChI=1S/C21H34O3/c1-7-19(4)12-16(22)20(5)13(2)8-10-21(14(3)18(19)23)11-9-15(24-6)17(20)21/h7,13-17,22H,1,8-12H2,2-6H3/t13?,14-,15?,16+,17?,19+,20-,21-/m0/s1. The van der Waals surface area contributed by atoms with Gasteiger partial charge in [0.1, 0.15) is 5.78 Å². The maximum atomic E-state index is 13.4. The van der Waals surface area contributed by atoms with E-state index in [0.717, 1.165) is 25.7 Å². The fourth-order valence-corrected chi connectivity index (χ4v) is 6.66. The summed E-state index contributed by atoms with van der Waals surface area (Å²) in [5.41, 5.74) is -0.889. The van der Waals surface area contributed by atoms with Gasteiger partial charge in [0.25, 0.3) is 0 Å². The largest absolute Gasteiger partial charge is 0.392 e. The minimum atomic E-state index is -0.639. The second-order valence-electron chi connectivity index (χ2n) is 9.26. The zero-order valence-electron chi connectivity index (χ0n) is 16.0. The van der Waals surface area contributed by atoms with Crippen LogP contribution in [0.4, 0.5) is 0 Å². The molecule has 3 aliphatic carbocycles. The lowest BCUT2D eigenvalue weighted by Gasteiger charge is -2.61. The summed E-state index contributed by atoms with van der Waals surface area (Å²) in [6.07, 6.45) is 6.08. The molecule has 0 aromatic carbocycles. The third-order valence-corrected chi connectivity index (χ3v) is 8.57. The smallest absolute Gasteiger partial charge is 0.145 e. The number of ketones is 1. The third kappa shape index (κ3) is 2.07. The number of carbonyl (C=O) groups is 1. The topological polar surface area (TPSA) is 46.5 Å². The van der Waals surface area contributed by atoms with E-state index in [4.69, 9.17) is 4.74 Å². The van der Waals surface area contributed by atoms with Crippen molar-refractivity contribution in [3.8, 4) is 0 Å². The Kier molecular flexibility index (Phi) is 4.28. The van der Waals surface area contributed by atoms with Gasteiger partial charge in [0.2, 0.25) is 0 Å². The minimum Gasteiger partial charge on any atom is -0.392 e. The molecule has 3 fully saturated rings. The van der Waals surface area contributed by atoms with Crippen LogP contribution in [0, 0.1) is 34.0 Å². The second kappa shape index (κ2) is 5.67. The van der Waals surface area contributed by atoms with Crippen molar-refractivity contribution in [3.05, 3.63) is 12.7 Å². The number of hydrogen-bond acceptors (Lipinski definition) is 3. The lowest BCUT2D eigenvalue weighted by Crippen LogP contribution is -2.62. The average molecular weight is 334 g/mol. The molecule has 3 unspecified atom stereocenters. The van der Waals surface area contributed by atoms with Gasteiger partial charge >= 0.3 is 0 Å². The normalized spacial score (nSPS) is 54.8. The first-order valence-corrected chi connectivity index (χ1v) is 9.56. The van der Waals surface area contributed by atoms with Crippen LogP contribution >= 0.6 is 0 Å². The fraction of sp³-hybridized carbons (Fsp3) is 0.857. The van der Waals surface area contributed by atoms with Crippen LogP contribution in [0.5, 0.6) is 0 Å². The van der Waals surface area contributed by atoms with E-state index in [9.17, 15) is 9.90 Å². The Labute approximate surface area is 146 Å². The van der Waals surface area contributed by atoms with Gasteiger partial charge in [-0.25, -0.2) is 0 Å². The van der Waals surface area contributed by atoms with Gasteiger partial charge in [-0.3, -0.25) is 4.79 Å². The van der Waals surface area contributed by atoms with E-state index < -0.39 is 11.5 Å². The number of rotatable bonds is 2. The Balaban J connectivity index is 2.21. The maximum absolute atomic E-state index is 13.4. The molecular formula is C21H34O3. The van der Waals surface area contributed by atoms with E-state index in [1.165, 1.54) is 0 Å². The molecule has 136 valence electrons. The average Bonchev–Trinajstić information content (AvgIpc) is 2.96. The summed E-state index contributed by atoms with van der Waals surface area (Å²) in [5.74, 6) is 0.929. The third-order valence-electron chi connectivity index (χ3n) is 8.57. The minimum absolute atomic E-state index is 0.00928. The summed E-state index contributed by atoms with van der Waals surface area (Å²) >= 11 is 0. The van der Waals surface area contributed by atoms with Crippen molar-refractivity contribution >= 4 is 5.78 Å². The first kappa shape index (κ1) is 18.1. The van der Waals surface area contributed by atoms with Gasteiger partial charge in [-0.05, 0) is 56.3 Å². The van der Waals surface area contributed by atoms with E-state index in [0.29, 0.717) is 12.3 Å². The van der Waals surface area contributed by atoms with E-state index in [1.54, 1.807) is 13.2 Å². The predicted molar refractivity (Wildman–Crippen MR) is 95.6 cm³/mol. The van der Waals surface area contributed by atoms with E-state index >= 15 is 0 Å². The van der Waals surface area contributed by atoms with Crippen LogP contribution in [-0.4, -0.2) is 30.2 Å². The van der Waals surface area contributed by atoms with Crippen LogP contribution in [-0.2, 0) is 9.53 Å². The van der Waals surface area contributed by atoms with Gasteiger partial charge in [-0.1, -0.05) is 26.8 Å². The van der Waals surface area contributed by atoms with E-state index in [-0.39, 0.29) is 34.6 Å². The number of ether oxygens (including phenoxy) is 1. The number of allylic oxidation sites excluding steroid dienone is 1. The van der Waals surface area contributed by atoms with Crippen LogP contribution in [0.25, 0.3) is 0 Å². The van der Waals surface area contributed by atoms with Gasteiger partial charge in [-0.15, -0.1) is 6.58 Å². The Morgan fingerprint density at radius 3 is 2.46 bits per heavy atom. The molecule has 3 nitrogen and oxygen atoms in total. The summed E-state index contributed by atoms with van der Waals surface area (Å²) in [5, 5.41) is 11.3. The summed E-state index contributed by atoms with van der Waals surface area (Å²) in [4.78, 5) is 13.4. The lowest BCUT2D eigenvalue weighted by atomic mass is 9.44.